The van der Waals surface area contributed by atoms with Gasteiger partial charge in [0.1, 0.15) is 0 Å². The lowest BCUT2D eigenvalue weighted by atomic mass is 10.0. The van der Waals surface area contributed by atoms with Crippen LogP contribution in [0.1, 0.15) is 15.3 Å². The topological polar surface area (TPSA) is 74.8 Å². The maximum absolute atomic E-state index is 7.43. The zero-order valence-corrected chi connectivity index (χ0v) is 16.5. The number of hydrogen-bond donors (Lipinski definition) is 3. The Hall–Kier alpha value is -2.41. The van der Waals surface area contributed by atoms with E-state index in [2.05, 4.69) is 30.4 Å². The zero-order valence-electron chi connectivity index (χ0n) is 14.2. The Morgan fingerprint density at radius 3 is 2.68 bits per heavy atom. The summed E-state index contributed by atoms with van der Waals surface area (Å²) in [6.45, 7) is 9.61. The van der Waals surface area contributed by atoms with Crippen molar-refractivity contribution in [3.8, 4) is 11.1 Å². The van der Waals surface area contributed by atoms with Crippen LogP contribution in [0, 0.1) is 5.41 Å². The summed E-state index contributed by atoms with van der Waals surface area (Å²) in [5, 5.41) is 10.8. The summed E-state index contributed by atoms with van der Waals surface area (Å²) < 4.78 is 0. The highest BCUT2D eigenvalue weighted by Gasteiger charge is 2.07. The summed E-state index contributed by atoms with van der Waals surface area (Å²) in [6.07, 6.45) is 10.3. The van der Waals surface area contributed by atoms with Crippen molar-refractivity contribution in [2.45, 2.75) is 13.0 Å². The first-order valence-corrected chi connectivity index (χ1v) is 7.66. The molecule has 0 saturated carbocycles. The Morgan fingerprint density at radius 2 is 2.04 bits per heavy atom. The number of benzene rings is 1. The van der Waals surface area contributed by atoms with Gasteiger partial charge in [-0.05, 0) is 36.3 Å². The van der Waals surface area contributed by atoms with Crippen molar-refractivity contribution in [1.29, 1.82) is 5.41 Å². The lowest BCUT2D eigenvalue weighted by molar-refractivity contribution is 0.950. The number of rotatable bonds is 7. The van der Waals surface area contributed by atoms with E-state index < -0.39 is 0 Å². The van der Waals surface area contributed by atoms with Crippen LogP contribution >= 0.6 is 24.0 Å². The molecular formula is C20H27IN4. The molecule has 0 amide bonds. The predicted molar refractivity (Wildman–Crippen MR) is 123 cm³/mol. The quantitative estimate of drug-likeness (QED) is 0.225. The van der Waals surface area contributed by atoms with Crippen LogP contribution in [0.15, 0.2) is 73.6 Å². The van der Waals surface area contributed by atoms with Crippen molar-refractivity contribution in [1.82, 2.24) is 4.98 Å². The van der Waals surface area contributed by atoms with Gasteiger partial charge in [-0.25, -0.2) is 0 Å². The number of allylic oxidation sites excluding steroid dienone is 2. The molecule has 1 atom stereocenters. The van der Waals surface area contributed by atoms with Gasteiger partial charge < -0.3 is 16.5 Å². The van der Waals surface area contributed by atoms with Crippen LogP contribution in [0.4, 0.5) is 11.4 Å². The average Bonchev–Trinajstić information content (AvgIpc) is 2.60. The highest BCUT2D eigenvalue weighted by molar-refractivity contribution is 14.0. The third-order valence-electron chi connectivity index (χ3n) is 3.74. The number of nitrogens with two attached hydrogens (primary N) is 1. The number of nitrogens with zero attached hydrogens (tertiary/aromatic N) is 1. The maximum Gasteiger partial charge on any atom is 0.0537 e. The second-order valence-corrected chi connectivity index (χ2v) is 5.42. The molecular weight excluding hydrogens is 423 g/mol. The minimum absolute atomic E-state index is 0. The Balaban J connectivity index is 0. The van der Waals surface area contributed by atoms with Gasteiger partial charge in [-0.3, -0.25) is 4.98 Å². The molecule has 134 valence electrons. The lowest BCUT2D eigenvalue weighted by Gasteiger charge is -2.17. The van der Waals surface area contributed by atoms with Crippen molar-refractivity contribution in [2.24, 2.45) is 0 Å². The van der Waals surface area contributed by atoms with Crippen molar-refractivity contribution in [2.75, 3.05) is 11.1 Å². The highest BCUT2D eigenvalue weighted by Crippen LogP contribution is 2.25. The Kier molecular flexibility index (Phi) is 8.07. The number of nitrogens with one attached hydrogen (secondary N) is 2. The first-order valence-electron chi connectivity index (χ1n) is 7.66. The molecule has 2 aromatic rings. The van der Waals surface area contributed by atoms with Gasteiger partial charge in [-0.1, -0.05) is 37.5 Å². The highest BCUT2D eigenvalue weighted by atomic mass is 127. The number of hydrogen-bond acceptors (Lipinski definition) is 4. The van der Waals surface area contributed by atoms with Crippen LogP contribution in [0.2, 0.25) is 0 Å². The van der Waals surface area contributed by atoms with Crippen LogP contribution in [-0.4, -0.2) is 17.2 Å². The van der Waals surface area contributed by atoms with E-state index in [0.717, 1.165) is 22.4 Å². The second kappa shape index (κ2) is 9.78. The minimum atomic E-state index is 0. The van der Waals surface area contributed by atoms with E-state index in [9.17, 15) is 0 Å². The fourth-order valence-corrected chi connectivity index (χ4v) is 2.41. The second-order valence-electron chi connectivity index (χ2n) is 5.42. The van der Waals surface area contributed by atoms with E-state index in [4.69, 9.17) is 11.1 Å². The van der Waals surface area contributed by atoms with Gasteiger partial charge in [0.15, 0.2) is 0 Å². The largest absolute Gasteiger partial charge is 0.398 e. The van der Waals surface area contributed by atoms with E-state index in [1.165, 1.54) is 6.21 Å². The van der Waals surface area contributed by atoms with Gasteiger partial charge in [0, 0.05) is 44.3 Å². The number of halogens is 1. The maximum atomic E-state index is 7.43. The van der Waals surface area contributed by atoms with Crippen molar-refractivity contribution >= 4 is 41.6 Å². The van der Waals surface area contributed by atoms with Crippen LogP contribution < -0.4 is 11.1 Å². The molecule has 4 nitrogen and oxygen atoms in total. The monoisotopic (exact) mass is 450 g/mol. The molecule has 5 heteroatoms. The van der Waals surface area contributed by atoms with Crippen molar-refractivity contribution in [3.63, 3.8) is 0 Å². The van der Waals surface area contributed by atoms with Crippen LogP contribution in [0.3, 0.4) is 0 Å². The van der Waals surface area contributed by atoms with Crippen LogP contribution in [0.25, 0.3) is 11.1 Å². The molecule has 0 spiro atoms. The number of aromatic nitrogens is 1. The molecule has 0 bridgehead atoms. The standard InChI is InChI=1S/C20H22N4.HI.2H2/c1-4-6-15(5-2)14(3)24-19-10-18(12-23-13-19)16-7-8-20(22)17(9-16)11-21;;;/h4-14,21,24H,1-2,22H2,3H3;3*1H/b15-6+,21-11?;;;/t14-;;;/m0.../s1. The molecule has 4 N–H and O–H groups in total. The molecule has 0 aliphatic carbocycles. The molecule has 25 heavy (non-hydrogen) atoms. The molecule has 1 heterocycles. The molecule has 0 radical (unpaired) electrons. The Morgan fingerprint density at radius 1 is 1.28 bits per heavy atom. The summed E-state index contributed by atoms with van der Waals surface area (Å²) in [7, 11) is 0. The Labute approximate surface area is 169 Å². The molecule has 0 fully saturated rings. The predicted octanol–water partition coefficient (Wildman–Crippen LogP) is 5.54. The van der Waals surface area contributed by atoms with Crippen LogP contribution in [0.5, 0.6) is 0 Å². The summed E-state index contributed by atoms with van der Waals surface area (Å²) in [4.78, 5) is 4.31. The van der Waals surface area contributed by atoms with Crippen LogP contribution in [-0.2, 0) is 0 Å². The van der Waals surface area contributed by atoms with E-state index >= 15 is 0 Å². The van der Waals surface area contributed by atoms with E-state index in [-0.39, 0.29) is 32.9 Å². The Bertz CT molecular complexity index is 806. The lowest BCUT2D eigenvalue weighted by Crippen LogP contribution is -2.17. The molecule has 0 aliphatic rings. The zero-order chi connectivity index (χ0) is 17.5. The van der Waals surface area contributed by atoms with Gasteiger partial charge in [0.05, 0.1) is 5.69 Å². The van der Waals surface area contributed by atoms with Gasteiger partial charge in [-0.2, -0.15) is 0 Å². The van der Waals surface area contributed by atoms with Gasteiger partial charge in [-0.15, -0.1) is 24.0 Å². The van der Waals surface area contributed by atoms with Crippen molar-refractivity contribution in [3.05, 3.63) is 79.2 Å². The fraction of sp³-hybridized carbons (Fsp3) is 0.100. The normalized spacial score (nSPS) is 11.8. The van der Waals surface area contributed by atoms with E-state index in [1.54, 1.807) is 24.5 Å². The van der Waals surface area contributed by atoms with Gasteiger partial charge in [0.2, 0.25) is 0 Å². The smallest absolute Gasteiger partial charge is 0.0537 e. The summed E-state index contributed by atoms with van der Waals surface area (Å²) in [5.41, 5.74) is 11.0. The number of nitrogen functional groups attached to an aromatic ring is 1. The molecule has 0 unspecified atom stereocenters. The fourth-order valence-electron chi connectivity index (χ4n) is 2.41. The third-order valence-corrected chi connectivity index (χ3v) is 3.74. The summed E-state index contributed by atoms with van der Waals surface area (Å²) in [6, 6.07) is 7.73. The molecule has 0 saturated heterocycles. The SMILES string of the molecule is C=C/C=C(\C=C)[C@H](C)Nc1cncc(-c2ccc(N)c(C=N)c2)c1.I.[HH].[HH]. The molecule has 1 aromatic heterocycles. The van der Waals surface area contributed by atoms with Gasteiger partial charge in [0.25, 0.3) is 0 Å². The first-order chi connectivity index (χ1) is 11.6. The number of pyridine rings is 1. The summed E-state index contributed by atoms with van der Waals surface area (Å²) in [5.74, 6) is 0. The van der Waals surface area contributed by atoms with E-state index in [0.29, 0.717) is 11.3 Å². The third kappa shape index (κ3) is 5.29. The number of anilines is 2. The van der Waals surface area contributed by atoms with Gasteiger partial charge >= 0.3 is 0 Å². The average molecular weight is 450 g/mol. The molecule has 1 aromatic carbocycles. The minimum Gasteiger partial charge on any atom is -0.398 e. The molecule has 2 rings (SSSR count). The molecule has 0 aliphatic heterocycles. The van der Waals surface area contributed by atoms with Crippen molar-refractivity contribution < 1.29 is 2.85 Å². The first kappa shape index (κ1) is 20.6. The van der Waals surface area contributed by atoms with E-state index in [1.807, 2.05) is 30.4 Å². The summed E-state index contributed by atoms with van der Waals surface area (Å²) >= 11 is 0.